The number of hydrogen-bond acceptors (Lipinski definition) is 6. The summed E-state index contributed by atoms with van der Waals surface area (Å²) in [6.07, 6.45) is 6.59. The van der Waals surface area contributed by atoms with Gasteiger partial charge in [-0.05, 0) is 36.4 Å². The van der Waals surface area contributed by atoms with Gasteiger partial charge in [0.15, 0.2) is 5.69 Å². The highest BCUT2D eigenvalue weighted by molar-refractivity contribution is 6.00. The van der Waals surface area contributed by atoms with Crippen LogP contribution in [0.25, 0.3) is 22.6 Å². The summed E-state index contributed by atoms with van der Waals surface area (Å²) in [5.74, 6) is -0.238. The molecule has 3 heterocycles. The molecule has 4 aromatic rings. The number of methoxy groups -OCH3 is 1. The van der Waals surface area contributed by atoms with Crippen LogP contribution in [0, 0.1) is 5.82 Å². The van der Waals surface area contributed by atoms with Gasteiger partial charge in [-0.25, -0.2) is 14.1 Å². The Kier molecular flexibility index (Phi) is 5.38. The second-order valence-electron chi connectivity index (χ2n) is 6.20. The number of rotatable bonds is 5. The Hall–Kier alpha value is -4.20. The number of benzene rings is 1. The predicted molar refractivity (Wildman–Crippen MR) is 111 cm³/mol. The lowest BCUT2D eigenvalue weighted by molar-refractivity contribution is 0.404. The van der Waals surface area contributed by atoms with Crippen LogP contribution in [0.1, 0.15) is 11.3 Å². The van der Waals surface area contributed by atoms with Crippen molar-refractivity contribution in [1.29, 1.82) is 0 Å². The lowest BCUT2D eigenvalue weighted by atomic mass is 10.1. The Morgan fingerprint density at radius 1 is 1.03 bits per heavy atom. The molecule has 148 valence electrons. The summed E-state index contributed by atoms with van der Waals surface area (Å²) in [6, 6.07) is 13.5. The van der Waals surface area contributed by atoms with Gasteiger partial charge in [-0.3, -0.25) is 9.97 Å². The van der Waals surface area contributed by atoms with E-state index in [1.807, 2.05) is 6.07 Å². The third kappa shape index (κ3) is 3.70. The Balaban J connectivity index is 1.88. The summed E-state index contributed by atoms with van der Waals surface area (Å²) in [5.41, 5.74) is 3.02. The van der Waals surface area contributed by atoms with Crippen molar-refractivity contribution >= 4 is 11.6 Å². The Morgan fingerprint density at radius 3 is 2.53 bits per heavy atom. The smallest absolute Gasteiger partial charge is 0.244 e. The lowest BCUT2D eigenvalue weighted by Gasteiger charge is -2.10. The number of para-hydroxylation sites is 1. The topological polar surface area (TPSA) is 78.1 Å². The number of aromatic nitrogens is 5. The van der Waals surface area contributed by atoms with Crippen LogP contribution in [-0.4, -0.2) is 38.0 Å². The molecule has 3 aromatic heterocycles. The molecule has 0 aliphatic heterocycles. The van der Waals surface area contributed by atoms with E-state index in [4.69, 9.17) is 4.74 Å². The van der Waals surface area contributed by atoms with Gasteiger partial charge in [-0.1, -0.05) is 23.9 Å². The lowest BCUT2D eigenvalue weighted by Crippen LogP contribution is -2.08. The fraction of sp³-hybridized carbons (Fsp3) is 0.0455. The molecule has 0 spiro atoms. The number of ether oxygens (including phenoxy) is 1. The summed E-state index contributed by atoms with van der Waals surface area (Å²) in [5, 5.41) is 8.42. The van der Waals surface area contributed by atoms with Gasteiger partial charge in [-0.15, -0.1) is 5.10 Å². The van der Waals surface area contributed by atoms with E-state index in [0.29, 0.717) is 17.1 Å². The molecule has 0 N–H and O–H groups in total. The average Bonchev–Trinajstić information content (AvgIpc) is 3.23. The molecule has 0 saturated carbocycles. The second-order valence-corrected chi connectivity index (χ2v) is 6.20. The number of nitrogens with zero attached hydrogens (tertiary/aromatic N) is 6. The molecule has 0 saturated heterocycles. The third-order valence-electron chi connectivity index (χ3n) is 4.33. The van der Waals surface area contributed by atoms with Gasteiger partial charge in [0, 0.05) is 35.9 Å². The van der Waals surface area contributed by atoms with Crippen LogP contribution in [0.15, 0.2) is 84.9 Å². The maximum Gasteiger partial charge on any atom is 0.244 e. The molecule has 0 aliphatic carbocycles. The third-order valence-corrected chi connectivity index (χ3v) is 4.33. The summed E-state index contributed by atoms with van der Waals surface area (Å²) in [7, 11) is 1.48. The Morgan fingerprint density at radius 2 is 1.83 bits per heavy atom. The quantitative estimate of drug-likeness (QED) is 0.375. The molecular weight excluding hydrogens is 383 g/mol. The largest absolute Gasteiger partial charge is 0.479 e. The van der Waals surface area contributed by atoms with Crippen LogP contribution in [0.4, 0.5) is 4.39 Å². The van der Waals surface area contributed by atoms with Crippen molar-refractivity contribution in [3.8, 4) is 16.9 Å². The maximum atomic E-state index is 14.5. The number of pyridine rings is 2. The Bertz CT molecular complexity index is 1200. The summed E-state index contributed by atoms with van der Waals surface area (Å²) < 4.78 is 21.4. The number of halogens is 1. The fourth-order valence-electron chi connectivity index (χ4n) is 2.90. The second kappa shape index (κ2) is 8.44. The van der Waals surface area contributed by atoms with Gasteiger partial charge >= 0.3 is 0 Å². The molecule has 8 heteroatoms. The highest BCUT2D eigenvalue weighted by atomic mass is 19.1. The molecule has 7 nitrogen and oxygen atoms in total. The van der Waals surface area contributed by atoms with Crippen LogP contribution in [-0.2, 0) is 4.74 Å². The van der Waals surface area contributed by atoms with Gasteiger partial charge < -0.3 is 4.74 Å². The molecule has 4 rings (SSSR count). The van der Waals surface area contributed by atoms with E-state index in [-0.39, 0.29) is 11.6 Å². The zero-order valence-electron chi connectivity index (χ0n) is 16.1. The zero-order chi connectivity index (χ0) is 20.9. The minimum atomic E-state index is -0.431. The summed E-state index contributed by atoms with van der Waals surface area (Å²) in [4.78, 5) is 12.6. The van der Waals surface area contributed by atoms with E-state index in [1.165, 1.54) is 17.9 Å². The molecule has 0 amide bonds. The molecule has 0 fully saturated rings. The standard InChI is InChI=1S/C22H17FN6O/c1-15(17-6-5-11-25-14-17)26-22(30-2)20-21(16-9-12-24-13-10-16)29(28-27-20)19-8-4-3-7-18(19)23/h3-14H,1H2,2H3/b26-22-. The van der Waals surface area contributed by atoms with E-state index >= 15 is 0 Å². The van der Waals surface area contributed by atoms with Gasteiger partial charge in [0.25, 0.3) is 0 Å². The van der Waals surface area contributed by atoms with Crippen LogP contribution in [0.2, 0.25) is 0 Å². The maximum absolute atomic E-state index is 14.5. The van der Waals surface area contributed by atoms with Gasteiger partial charge in [0.1, 0.15) is 17.2 Å². The van der Waals surface area contributed by atoms with Crippen LogP contribution in [0.3, 0.4) is 0 Å². The highest BCUT2D eigenvalue weighted by Gasteiger charge is 2.23. The Labute approximate surface area is 172 Å². The number of aliphatic imine (C=N–C) groups is 1. The molecule has 0 radical (unpaired) electrons. The first-order valence-electron chi connectivity index (χ1n) is 9.02. The number of hydrogen-bond donors (Lipinski definition) is 0. The van der Waals surface area contributed by atoms with Crippen molar-refractivity contribution in [1.82, 2.24) is 25.0 Å². The molecule has 0 bridgehead atoms. The molecule has 1 aromatic carbocycles. The first-order chi connectivity index (χ1) is 14.7. The SMILES string of the molecule is C=C(/N=C(\OC)c1nnn(-c2ccccc2F)c1-c1ccncc1)c1cccnc1. The van der Waals surface area contributed by atoms with E-state index in [1.54, 1.807) is 61.2 Å². The summed E-state index contributed by atoms with van der Waals surface area (Å²) >= 11 is 0. The molecule has 0 aliphatic rings. The molecular formula is C22H17FN6O. The van der Waals surface area contributed by atoms with Gasteiger partial charge in [0.05, 0.1) is 12.8 Å². The summed E-state index contributed by atoms with van der Waals surface area (Å²) in [6.45, 7) is 3.99. The first kappa shape index (κ1) is 19.1. The molecule has 0 atom stereocenters. The van der Waals surface area contributed by atoms with Crippen LogP contribution < -0.4 is 0 Å². The predicted octanol–water partition coefficient (Wildman–Crippen LogP) is 3.93. The fourth-order valence-corrected chi connectivity index (χ4v) is 2.90. The first-order valence-corrected chi connectivity index (χ1v) is 9.02. The van der Waals surface area contributed by atoms with Crippen LogP contribution >= 0.6 is 0 Å². The van der Waals surface area contributed by atoms with Gasteiger partial charge in [-0.2, -0.15) is 0 Å². The van der Waals surface area contributed by atoms with Crippen molar-refractivity contribution < 1.29 is 9.13 Å². The molecule has 30 heavy (non-hydrogen) atoms. The van der Waals surface area contributed by atoms with Gasteiger partial charge in [0.2, 0.25) is 5.90 Å². The van der Waals surface area contributed by atoms with E-state index < -0.39 is 5.82 Å². The zero-order valence-corrected chi connectivity index (χ0v) is 16.1. The van der Waals surface area contributed by atoms with E-state index in [0.717, 1.165) is 11.1 Å². The minimum absolute atomic E-state index is 0.193. The van der Waals surface area contributed by atoms with Crippen molar-refractivity contribution in [2.75, 3.05) is 7.11 Å². The normalized spacial score (nSPS) is 11.3. The minimum Gasteiger partial charge on any atom is -0.479 e. The highest BCUT2D eigenvalue weighted by Crippen LogP contribution is 2.27. The monoisotopic (exact) mass is 400 g/mol. The molecule has 0 unspecified atom stereocenters. The van der Waals surface area contributed by atoms with E-state index in [9.17, 15) is 4.39 Å². The van der Waals surface area contributed by atoms with E-state index in [2.05, 4.69) is 31.9 Å². The van der Waals surface area contributed by atoms with Crippen molar-refractivity contribution in [3.05, 3.63) is 97.0 Å². The van der Waals surface area contributed by atoms with Crippen molar-refractivity contribution in [3.63, 3.8) is 0 Å². The van der Waals surface area contributed by atoms with Crippen LogP contribution in [0.5, 0.6) is 0 Å². The van der Waals surface area contributed by atoms with Crippen molar-refractivity contribution in [2.45, 2.75) is 0 Å². The van der Waals surface area contributed by atoms with Crippen molar-refractivity contribution in [2.24, 2.45) is 4.99 Å². The average molecular weight is 400 g/mol.